The van der Waals surface area contributed by atoms with Gasteiger partial charge in [0.2, 0.25) is 0 Å². The summed E-state index contributed by atoms with van der Waals surface area (Å²) in [4.78, 5) is 6.84. The molecule has 1 saturated heterocycles. The minimum Gasteiger partial charge on any atom is -0.388 e. The summed E-state index contributed by atoms with van der Waals surface area (Å²) >= 11 is 6.04. The van der Waals surface area contributed by atoms with E-state index in [0.29, 0.717) is 16.8 Å². The zero-order valence-corrected chi connectivity index (χ0v) is 13.6. The third kappa shape index (κ3) is 2.80. The molecule has 0 aromatic carbocycles. The topological polar surface area (TPSA) is 67.1 Å². The minimum absolute atomic E-state index is 0.0731. The number of aromatic nitrogens is 4. The second kappa shape index (κ2) is 6.22. The van der Waals surface area contributed by atoms with Crippen molar-refractivity contribution >= 4 is 17.4 Å². The van der Waals surface area contributed by atoms with Gasteiger partial charge in [0.25, 0.3) is 0 Å². The number of anilines is 1. The molecule has 118 valence electrons. The van der Waals surface area contributed by atoms with Gasteiger partial charge in [-0.3, -0.25) is 0 Å². The van der Waals surface area contributed by atoms with E-state index < -0.39 is 0 Å². The van der Waals surface area contributed by atoms with Crippen LogP contribution in [0.3, 0.4) is 0 Å². The van der Waals surface area contributed by atoms with Gasteiger partial charge in [0, 0.05) is 26.1 Å². The summed E-state index contributed by atoms with van der Waals surface area (Å²) in [5.74, 6) is 2.94. The van der Waals surface area contributed by atoms with E-state index in [0.717, 1.165) is 43.3 Å². The standard InChI is InChI=1S/C15H20ClN5O/c1-10-12(16)3-4-13(17-10)21-7-5-11(6-8-21)15-19-18-14(9-22)20(15)2/h3-4,11,22H,5-9H2,1-2H3. The first kappa shape index (κ1) is 15.2. The van der Waals surface area contributed by atoms with Crippen LogP contribution in [0.25, 0.3) is 0 Å². The van der Waals surface area contributed by atoms with E-state index in [1.54, 1.807) is 0 Å². The van der Waals surface area contributed by atoms with Crippen LogP contribution in [0.4, 0.5) is 5.82 Å². The molecule has 22 heavy (non-hydrogen) atoms. The largest absolute Gasteiger partial charge is 0.388 e. The van der Waals surface area contributed by atoms with Crippen LogP contribution in [0.5, 0.6) is 0 Å². The van der Waals surface area contributed by atoms with Gasteiger partial charge in [-0.15, -0.1) is 10.2 Å². The van der Waals surface area contributed by atoms with Crippen molar-refractivity contribution in [1.82, 2.24) is 19.7 Å². The molecule has 6 nitrogen and oxygen atoms in total. The Hall–Kier alpha value is -1.66. The molecule has 0 radical (unpaired) electrons. The Balaban J connectivity index is 1.69. The lowest BCUT2D eigenvalue weighted by atomic mass is 9.96. The van der Waals surface area contributed by atoms with E-state index in [1.165, 1.54) is 0 Å². The van der Waals surface area contributed by atoms with E-state index in [9.17, 15) is 5.11 Å². The molecule has 3 rings (SSSR count). The smallest absolute Gasteiger partial charge is 0.158 e. The van der Waals surface area contributed by atoms with E-state index in [-0.39, 0.29) is 6.61 Å². The maximum atomic E-state index is 9.22. The molecule has 0 bridgehead atoms. The first-order chi connectivity index (χ1) is 10.6. The molecule has 7 heteroatoms. The Morgan fingerprint density at radius 3 is 2.59 bits per heavy atom. The van der Waals surface area contributed by atoms with Crippen molar-refractivity contribution in [1.29, 1.82) is 0 Å². The van der Waals surface area contributed by atoms with Gasteiger partial charge >= 0.3 is 0 Å². The average Bonchev–Trinajstić information content (AvgIpc) is 2.91. The highest BCUT2D eigenvalue weighted by Gasteiger charge is 2.25. The summed E-state index contributed by atoms with van der Waals surface area (Å²) in [6.07, 6.45) is 2.00. The van der Waals surface area contributed by atoms with Crippen molar-refractivity contribution in [3.63, 3.8) is 0 Å². The fourth-order valence-corrected chi connectivity index (χ4v) is 3.05. The highest BCUT2D eigenvalue weighted by atomic mass is 35.5. The van der Waals surface area contributed by atoms with Crippen LogP contribution >= 0.6 is 11.6 Å². The maximum absolute atomic E-state index is 9.22. The lowest BCUT2D eigenvalue weighted by molar-refractivity contribution is 0.266. The summed E-state index contributed by atoms with van der Waals surface area (Å²) in [6.45, 7) is 3.71. The van der Waals surface area contributed by atoms with Crippen molar-refractivity contribution in [3.8, 4) is 0 Å². The SMILES string of the molecule is Cc1nc(N2CCC(c3nnc(CO)n3C)CC2)ccc1Cl. The molecule has 2 aromatic heterocycles. The van der Waals surface area contributed by atoms with Crippen LogP contribution in [0.1, 0.15) is 36.1 Å². The quantitative estimate of drug-likeness (QED) is 0.937. The normalized spacial score (nSPS) is 16.3. The number of halogens is 1. The molecular weight excluding hydrogens is 302 g/mol. The van der Waals surface area contributed by atoms with Crippen molar-refractivity contribution in [2.75, 3.05) is 18.0 Å². The lowest BCUT2D eigenvalue weighted by Gasteiger charge is -2.32. The number of rotatable bonds is 3. The lowest BCUT2D eigenvalue weighted by Crippen LogP contribution is -2.34. The number of hydrogen-bond donors (Lipinski definition) is 1. The monoisotopic (exact) mass is 321 g/mol. The van der Waals surface area contributed by atoms with Gasteiger partial charge < -0.3 is 14.6 Å². The van der Waals surface area contributed by atoms with Crippen LogP contribution in [-0.2, 0) is 13.7 Å². The molecule has 0 saturated carbocycles. The first-order valence-corrected chi connectivity index (χ1v) is 7.85. The van der Waals surface area contributed by atoms with Crippen molar-refractivity contribution < 1.29 is 5.11 Å². The van der Waals surface area contributed by atoms with Crippen LogP contribution < -0.4 is 4.90 Å². The van der Waals surface area contributed by atoms with E-state index >= 15 is 0 Å². The highest BCUT2D eigenvalue weighted by molar-refractivity contribution is 6.31. The Morgan fingerprint density at radius 1 is 1.27 bits per heavy atom. The molecule has 1 aliphatic rings. The molecule has 1 N–H and O–H groups in total. The van der Waals surface area contributed by atoms with Crippen LogP contribution in [-0.4, -0.2) is 37.9 Å². The number of hydrogen-bond acceptors (Lipinski definition) is 5. The van der Waals surface area contributed by atoms with Gasteiger partial charge in [-0.25, -0.2) is 4.98 Å². The molecule has 0 unspecified atom stereocenters. The third-order valence-electron chi connectivity index (χ3n) is 4.33. The molecule has 1 fully saturated rings. The summed E-state index contributed by atoms with van der Waals surface area (Å²) in [5, 5.41) is 18.2. The molecule has 0 amide bonds. The minimum atomic E-state index is -0.0731. The van der Waals surface area contributed by atoms with Crippen molar-refractivity contribution in [3.05, 3.63) is 34.5 Å². The first-order valence-electron chi connectivity index (χ1n) is 7.47. The van der Waals surface area contributed by atoms with Gasteiger partial charge in [-0.2, -0.15) is 0 Å². The Morgan fingerprint density at radius 2 is 2.00 bits per heavy atom. The second-order valence-electron chi connectivity index (χ2n) is 5.69. The number of piperidine rings is 1. The Labute approximate surface area is 134 Å². The Kier molecular flexibility index (Phi) is 4.31. The third-order valence-corrected chi connectivity index (χ3v) is 4.73. The number of aliphatic hydroxyl groups excluding tert-OH is 1. The summed E-state index contributed by atoms with van der Waals surface area (Å²) in [6, 6.07) is 3.88. The van der Waals surface area contributed by atoms with E-state index in [4.69, 9.17) is 11.6 Å². The second-order valence-corrected chi connectivity index (χ2v) is 6.10. The van der Waals surface area contributed by atoms with E-state index in [2.05, 4.69) is 20.1 Å². The average molecular weight is 322 g/mol. The fourth-order valence-electron chi connectivity index (χ4n) is 2.94. The maximum Gasteiger partial charge on any atom is 0.158 e. The molecule has 0 atom stereocenters. The highest BCUT2D eigenvalue weighted by Crippen LogP contribution is 2.29. The fraction of sp³-hybridized carbons (Fsp3) is 0.533. The van der Waals surface area contributed by atoms with Gasteiger partial charge in [0.1, 0.15) is 18.2 Å². The van der Waals surface area contributed by atoms with Gasteiger partial charge in [-0.05, 0) is 31.9 Å². The molecular formula is C15H20ClN5O. The molecule has 0 aliphatic carbocycles. The molecule has 1 aliphatic heterocycles. The Bertz CT molecular complexity index is 664. The molecule has 2 aromatic rings. The zero-order chi connectivity index (χ0) is 15.7. The van der Waals surface area contributed by atoms with Crippen LogP contribution in [0.15, 0.2) is 12.1 Å². The number of pyridine rings is 1. The summed E-state index contributed by atoms with van der Waals surface area (Å²) in [5.41, 5.74) is 0.863. The van der Waals surface area contributed by atoms with Gasteiger partial charge in [0.15, 0.2) is 5.82 Å². The molecule has 3 heterocycles. The van der Waals surface area contributed by atoms with Crippen molar-refractivity contribution in [2.45, 2.75) is 32.3 Å². The summed E-state index contributed by atoms with van der Waals surface area (Å²) in [7, 11) is 1.91. The van der Waals surface area contributed by atoms with Crippen LogP contribution in [0, 0.1) is 6.92 Å². The zero-order valence-electron chi connectivity index (χ0n) is 12.8. The predicted octanol–water partition coefficient (Wildman–Crippen LogP) is 2.05. The van der Waals surface area contributed by atoms with Crippen molar-refractivity contribution in [2.24, 2.45) is 7.05 Å². The van der Waals surface area contributed by atoms with Gasteiger partial charge in [0.05, 0.1) is 10.7 Å². The number of nitrogens with zero attached hydrogens (tertiary/aromatic N) is 5. The number of aryl methyl sites for hydroxylation is 1. The molecule has 0 spiro atoms. The summed E-state index contributed by atoms with van der Waals surface area (Å²) < 4.78 is 1.91. The predicted molar refractivity (Wildman–Crippen MR) is 85.1 cm³/mol. The van der Waals surface area contributed by atoms with E-state index in [1.807, 2.05) is 30.7 Å². The number of aliphatic hydroxyl groups is 1. The van der Waals surface area contributed by atoms with Gasteiger partial charge in [-0.1, -0.05) is 11.6 Å². The van der Waals surface area contributed by atoms with Crippen LogP contribution in [0.2, 0.25) is 5.02 Å².